The summed E-state index contributed by atoms with van der Waals surface area (Å²) >= 11 is 6.55. The molecule has 0 saturated heterocycles. The lowest BCUT2D eigenvalue weighted by atomic mass is 9.86. The number of hydrogen-bond donors (Lipinski definition) is 4. The van der Waals surface area contributed by atoms with E-state index in [1.165, 1.54) is 30.7 Å². The lowest BCUT2D eigenvalue weighted by Gasteiger charge is -2.23. The lowest BCUT2D eigenvalue weighted by molar-refractivity contribution is -0.137. The van der Waals surface area contributed by atoms with E-state index >= 15 is 0 Å². The second kappa shape index (κ2) is 15.6. The van der Waals surface area contributed by atoms with Crippen molar-refractivity contribution in [1.82, 2.24) is 19.6 Å². The number of anilines is 2. The van der Waals surface area contributed by atoms with E-state index < -0.39 is 62.1 Å². The number of amides is 4. The number of rotatable bonds is 10. The van der Waals surface area contributed by atoms with Gasteiger partial charge in [-0.05, 0) is 82.0 Å². The maximum Gasteiger partial charge on any atom is 0.416 e. The van der Waals surface area contributed by atoms with Gasteiger partial charge in [0.15, 0.2) is 5.15 Å². The molecule has 1 aromatic heterocycles. The van der Waals surface area contributed by atoms with Gasteiger partial charge < -0.3 is 10.6 Å². The summed E-state index contributed by atoms with van der Waals surface area (Å²) in [7, 11) is -4.54. The highest BCUT2D eigenvalue weighted by atomic mass is 35.5. The van der Waals surface area contributed by atoms with E-state index in [4.69, 9.17) is 11.6 Å². The van der Waals surface area contributed by atoms with Crippen LogP contribution in [0.1, 0.15) is 80.9 Å². The van der Waals surface area contributed by atoms with Gasteiger partial charge in [0.2, 0.25) is 11.7 Å². The molecule has 1 saturated carbocycles. The molecule has 3 aromatic rings. The Hall–Kier alpha value is -4.44. The van der Waals surface area contributed by atoms with Crippen molar-refractivity contribution in [2.75, 3.05) is 10.6 Å². The molecule has 0 radical (unpaired) electrons. The van der Waals surface area contributed by atoms with Gasteiger partial charge in [0.25, 0.3) is 21.5 Å². The zero-order valence-electron chi connectivity index (χ0n) is 27.6. The van der Waals surface area contributed by atoms with Gasteiger partial charge in [-0.3, -0.25) is 24.3 Å². The van der Waals surface area contributed by atoms with E-state index in [1.54, 1.807) is 25.5 Å². The molecule has 1 heterocycles. The van der Waals surface area contributed by atoms with Gasteiger partial charge in [-0.1, -0.05) is 49.8 Å². The first-order chi connectivity index (χ1) is 23.3. The fraction of sp³-hybridized carbons (Fsp3) is 0.424. The summed E-state index contributed by atoms with van der Waals surface area (Å²) in [5, 5.41) is 7.60. The number of halogens is 4. The van der Waals surface area contributed by atoms with E-state index in [0.717, 1.165) is 42.4 Å². The highest BCUT2D eigenvalue weighted by molar-refractivity contribution is 7.90. The molecule has 0 aliphatic heterocycles. The zero-order valence-corrected chi connectivity index (χ0v) is 29.2. The number of urea groups is 1. The van der Waals surface area contributed by atoms with Crippen LogP contribution in [0.2, 0.25) is 5.15 Å². The Morgan fingerprint density at radius 3 is 2.26 bits per heavy atom. The molecule has 2 aromatic carbocycles. The third-order valence-electron chi connectivity index (χ3n) is 7.89. The van der Waals surface area contributed by atoms with Gasteiger partial charge in [-0.2, -0.15) is 13.2 Å². The van der Waals surface area contributed by atoms with Crippen LogP contribution in [-0.4, -0.2) is 41.4 Å². The van der Waals surface area contributed by atoms with Crippen LogP contribution >= 0.6 is 11.6 Å². The largest absolute Gasteiger partial charge is 0.416 e. The van der Waals surface area contributed by atoms with Crippen molar-refractivity contribution in [2.24, 2.45) is 5.92 Å². The van der Waals surface area contributed by atoms with Gasteiger partial charge in [-0.15, -0.1) is 0 Å². The summed E-state index contributed by atoms with van der Waals surface area (Å²) in [6, 6.07) is 7.17. The molecule has 4 amide bonds. The van der Waals surface area contributed by atoms with Crippen LogP contribution in [0.15, 0.2) is 58.2 Å². The minimum Gasteiger partial charge on any atom is -0.333 e. The molecule has 17 heteroatoms. The molecule has 0 unspecified atom stereocenters. The number of nitrogens with zero attached hydrogens (tertiary/aromatic N) is 2. The van der Waals surface area contributed by atoms with Crippen molar-refractivity contribution in [3.05, 3.63) is 80.9 Å². The number of hydrogen-bond acceptors (Lipinski definition) is 7. The highest BCUT2D eigenvalue weighted by Crippen LogP contribution is 2.30. The molecule has 0 atom stereocenters. The lowest BCUT2D eigenvalue weighted by Crippen LogP contribution is -2.44. The molecule has 1 aliphatic rings. The SMILES string of the molecule is CC(C)(C)NC(=O)Nc1nc(Cl)c(CCC2CCCCC2)n(CC(=O)Nc2cccc(C(=O)NS(=O)(=O)c3ccc(C(F)(F)F)cc3)c2)c1=O. The normalized spacial score (nSPS) is 14.1. The van der Waals surface area contributed by atoms with Crippen LogP contribution in [0.3, 0.4) is 0 Å². The van der Waals surface area contributed by atoms with Gasteiger partial charge in [0.1, 0.15) is 6.54 Å². The molecule has 0 bridgehead atoms. The fourth-order valence-corrected chi connectivity index (χ4v) is 6.76. The van der Waals surface area contributed by atoms with Crippen LogP contribution in [0.5, 0.6) is 0 Å². The molecule has 4 rings (SSSR count). The number of nitrogens with one attached hydrogen (secondary N) is 4. The second-order valence-electron chi connectivity index (χ2n) is 13.0. The van der Waals surface area contributed by atoms with Crippen LogP contribution in [0.25, 0.3) is 0 Å². The predicted octanol–water partition coefficient (Wildman–Crippen LogP) is 6.11. The average Bonchev–Trinajstić information content (AvgIpc) is 3.02. The number of alkyl halides is 3. The van der Waals surface area contributed by atoms with Gasteiger partial charge in [0, 0.05) is 16.8 Å². The first-order valence-corrected chi connectivity index (χ1v) is 17.7. The van der Waals surface area contributed by atoms with Crippen molar-refractivity contribution < 1.29 is 36.0 Å². The minimum absolute atomic E-state index is 0.0489. The van der Waals surface area contributed by atoms with Crippen LogP contribution in [0.4, 0.5) is 29.5 Å². The molecule has 0 spiro atoms. The second-order valence-corrected chi connectivity index (χ2v) is 15.1. The molecule has 270 valence electrons. The smallest absolute Gasteiger partial charge is 0.333 e. The summed E-state index contributed by atoms with van der Waals surface area (Å²) in [4.78, 5) is 55.9. The fourth-order valence-electron chi connectivity index (χ4n) is 5.50. The molecule has 50 heavy (non-hydrogen) atoms. The first kappa shape index (κ1) is 38.4. The van der Waals surface area contributed by atoms with E-state index in [1.807, 2.05) is 0 Å². The number of sulfonamides is 1. The third kappa shape index (κ3) is 10.5. The summed E-state index contributed by atoms with van der Waals surface area (Å²) in [6.07, 6.45) is 1.86. The summed E-state index contributed by atoms with van der Waals surface area (Å²) in [5.41, 5.74) is -2.22. The standard InChI is InChI=1S/C33H38ClF3N6O6S/c1-32(2,3)41-31(47)40-28-30(46)43(25(27(34)39-28)17-12-20-8-5-4-6-9-20)19-26(44)38-23-11-7-10-21(18-23)29(45)42-50(48,49)24-15-13-22(14-16-24)33(35,36)37/h7,10-11,13-16,18,20H,4-6,8-9,12,17,19H2,1-3H3,(H,38,44)(H,42,45)(H2,39,40,41,47). The summed E-state index contributed by atoms with van der Waals surface area (Å²) in [6.45, 7) is 4.72. The summed E-state index contributed by atoms with van der Waals surface area (Å²) < 4.78 is 67.0. The Balaban J connectivity index is 1.53. The maximum atomic E-state index is 13.6. The van der Waals surface area contributed by atoms with E-state index in [0.29, 0.717) is 36.6 Å². The molecule has 4 N–H and O–H groups in total. The van der Waals surface area contributed by atoms with Gasteiger partial charge >= 0.3 is 12.2 Å². The molecule has 1 aliphatic carbocycles. The Bertz CT molecular complexity index is 1900. The highest BCUT2D eigenvalue weighted by Gasteiger charge is 2.31. The number of carbonyl (C=O) groups is 3. The molecule has 12 nitrogen and oxygen atoms in total. The van der Waals surface area contributed by atoms with Gasteiger partial charge in [0.05, 0.1) is 16.2 Å². The van der Waals surface area contributed by atoms with Gasteiger partial charge in [-0.25, -0.2) is 22.9 Å². The Morgan fingerprint density at radius 1 is 0.980 bits per heavy atom. The van der Waals surface area contributed by atoms with Crippen LogP contribution in [-0.2, 0) is 34.0 Å². The number of carbonyl (C=O) groups excluding carboxylic acids is 3. The van der Waals surface area contributed by atoms with Crippen molar-refractivity contribution in [3.63, 3.8) is 0 Å². The van der Waals surface area contributed by atoms with E-state index in [-0.39, 0.29) is 22.2 Å². The summed E-state index contributed by atoms with van der Waals surface area (Å²) in [5.74, 6) is -1.76. The molecular formula is C33H38ClF3N6O6S. The maximum absolute atomic E-state index is 13.6. The number of benzene rings is 2. The molecule has 1 fully saturated rings. The topological polar surface area (TPSA) is 168 Å². The van der Waals surface area contributed by atoms with Crippen molar-refractivity contribution >= 4 is 51.0 Å². The van der Waals surface area contributed by atoms with E-state index in [2.05, 4.69) is 20.9 Å². The van der Waals surface area contributed by atoms with Crippen LogP contribution < -0.4 is 26.2 Å². The Morgan fingerprint density at radius 2 is 1.64 bits per heavy atom. The average molecular weight is 739 g/mol. The Kier molecular flexibility index (Phi) is 12.0. The third-order valence-corrected chi connectivity index (χ3v) is 9.54. The first-order valence-electron chi connectivity index (χ1n) is 15.8. The van der Waals surface area contributed by atoms with Crippen molar-refractivity contribution in [2.45, 2.75) is 88.9 Å². The van der Waals surface area contributed by atoms with Crippen LogP contribution in [0, 0.1) is 5.92 Å². The monoisotopic (exact) mass is 738 g/mol. The minimum atomic E-state index is -4.67. The molecular weight excluding hydrogens is 701 g/mol. The zero-order chi connectivity index (χ0) is 36.9. The van der Waals surface area contributed by atoms with E-state index in [9.17, 15) is 40.8 Å². The number of aromatic nitrogens is 2. The van der Waals surface area contributed by atoms with Crippen molar-refractivity contribution in [1.29, 1.82) is 0 Å². The quantitative estimate of drug-likeness (QED) is 0.195. The predicted molar refractivity (Wildman–Crippen MR) is 181 cm³/mol. The Labute approximate surface area is 292 Å². The van der Waals surface area contributed by atoms with Crippen molar-refractivity contribution in [3.8, 4) is 0 Å².